The van der Waals surface area contributed by atoms with Gasteiger partial charge in [-0.2, -0.15) is 0 Å². The Bertz CT molecular complexity index is 1040. The molecule has 0 heterocycles. The number of likely N-dealkylation sites (N-methyl/N-ethyl adjacent to an activating group) is 1. The van der Waals surface area contributed by atoms with Crippen LogP contribution in [0.5, 0.6) is 5.75 Å². The second-order valence-electron chi connectivity index (χ2n) is 9.12. The Morgan fingerprint density at radius 2 is 1.74 bits per heavy atom. The number of rotatable bonds is 2. The second kappa shape index (κ2) is 6.80. The van der Waals surface area contributed by atoms with Gasteiger partial charge in [-0.15, -0.1) is 0 Å². The van der Waals surface area contributed by atoms with Crippen LogP contribution in [0, 0.1) is 29.6 Å². The first-order valence-corrected chi connectivity index (χ1v) is 10.1. The van der Waals surface area contributed by atoms with Crippen molar-refractivity contribution in [3.8, 4) is 5.75 Å². The van der Waals surface area contributed by atoms with Gasteiger partial charge in [-0.25, -0.2) is 0 Å². The van der Waals surface area contributed by atoms with E-state index in [9.17, 15) is 34.2 Å². The SMILES string of the molecule is CN(C)[C@@H]1C(=O)C(C(N)=O)C(=O)C2C(=O)C3C(=O)c4c(O)cccc4[C@@](C)(O)[C@H]3C[C@H]21. The van der Waals surface area contributed by atoms with Gasteiger partial charge in [0.05, 0.1) is 29.0 Å². The number of Topliss-reactive ketones (excluding diaryl/α,β-unsaturated/α-hetero) is 4. The Labute approximate surface area is 178 Å². The molecule has 2 fully saturated rings. The Morgan fingerprint density at radius 1 is 1.10 bits per heavy atom. The van der Waals surface area contributed by atoms with Gasteiger partial charge in [0.15, 0.2) is 29.1 Å². The van der Waals surface area contributed by atoms with E-state index in [1.165, 1.54) is 30.0 Å². The standard InChI is InChI=1S/C22H24N2O7/c1-22(31)9-5-4-6-11(25)13(9)19(28)14-10(22)7-8-12(17(14)26)18(27)15(21(23)30)20(29)16(8)24(2)3/h4-6,8,10,12,14-16,25,31H,7H2,1-3H3,(H2,23,30)/t8-,10+,12?,14?,15?,16+,22-/m1/s1. The van der Waals surface area contributed by atoms with E-state index in [2.05, 4.69) is 0 Å². The van der Waals surface area contributed by atoms with Crippen LogP contribution in [0.15, 0.2) is 18.2 Å². The Hall–Kier alpha value is -2.91. The summed E-state index contributed by atoms with van der Waals surface area (Å²) < 4.78 is 0. The van der Waals surface area contributed by atoms with Crippen molar-refractivity contribution >= 4 is 29.0 Å². The number of benzene rings is 1. The number of primary amides is 1. The van der Waals surface area contributed by atoms with Crippen LogP contribution >= 0.6 is 0 Å². The van der Waals surface area contributed by atoms with E-state index in [0.29, 0.717) is 0 Å². The second-order valence-corrected chi connectivity index (χ2v) is 9.12. The molecule has 0 saturated heterocycles. The molecule has 164 valence electrons. The van der Waals surface area contributed by atoms with E-state index in [0.717, 1.165) is 0 Å². The van der Waals surface area contributed by atoms with E-state index in [4.69, 9.17) is 5.73 Å². The molecule has 31 heavy (non-hydrogen) atoms. The highest BCUT2D eigenvalue weighted by Crippen LogP contribution is 2.54. The van der Waals surface area contributed by atoms with E-state index < -0.39 is 70.3 Å². The number of nitrogens with two attached hydrogens (primary N) is 1. The molecule has 4 rings (SSSR count). The van der Waals surface area contributed by atoms with Crippen molar-refractivity contribution < 1.29 is 34.2 Å². The molecule has 3 aliphatic rings. The summed E-state index contributed by atoms with van der Waals surface area (Å²) in [5, 5.41) is 21.7. The van der Waals surface area contributed by atoms with Gasteiger partial charge in [-0.1, -0.05) is 12.1 Å². The number of aromatic hydroxyl groups is 1. The molecule has 2 saturated carbocycles. The molecule has 1 amide bonds. The van der Waals surface area contributed by atoms with Gasteiger partial charge in [0.1, 0.15) is 5.75 Å². The number of ketones is 4. The van der Waals surface area contributed by atoms with Crippen molar-refractivity contribution in [3.05, 3.63) is 29.3 Å². The lowest BCUT2D eigenvalue weighted by molar-refractivity contribution is -0.162. The summed E-state index contributed by atoms with van der Waals surface area (Å²) in [6, 6.07) is 3.36. The van der Waals surface area contributed by atoms with Crippen LogP contribution in [0.25, 0.3) is 0 Å². The summed E-state index contributed by atoms with van der Waals surface area (Å²) in [6.07, 6.45) is 0.0424. The van der Waals surface area contributed by atoms with Crippen molar-refractivity contribution in [3.63, 3.8) is 0 Å². The van der Waals surface area contributed by atoms with Crippen LogP contribution in [0.3, 0.4) is 0 Å². The molecule has 0 aliphatic heterocycles. The van der Waals surface area contributed by atoms with Crippen LogP contribution in [0.1, 0.15) is 29.3 Å². The minimum absolute atomic E-state index is 0.0424. The molecular formula is C22H24N2O7. The molecule has 3 unspecified atom stereocenters. The molecule has 4 N–H and O–H groups in total. The summed E-state index contributed by atoms with van der Waals surface area (Å²) in [4.78, 5) is 66.3. The first-order chi connectivity index (χ1) is 14.4. The maximum atomic E-state index is 13.6. The number of nitrogens with zero attached hydrogens (tertiary/aromatic N) is 1. The molecular weight excluding hydrogens is 404 g/mol. The molecule has 0 aromatic heterocycles. The molecule has 1 aromatic carbocycles. The number of phenolic OH excluding ortho intramolecular Hbond substituents is 1. The monoisotopic (exact) mass is 428 g/mol. The number of carbonyl (C=O) groups is 5. The first kappa shape index (κ1) is 21.3. The maximum absolute atomic E-state index is 13.6. The maximum Gasteiger partial charge on any atom is 0.235 e. The fourth-order valence-electron chi connectivity index (χ4n) is 5.89. The van der Waals surface area contributed by atoms with Gasteiger partial charge < -0.3 is 15.9 Å². The summed E-state index contributed by atoms with van der Waals surface area (Å²) in [5.41, 5.74) is 3.72. The largest absolute Gasteiger partial charge is 0.507 e. The van der Waals surface area contributed by atoms with E-state index >= 15 is 0 Å². The number of phenols is 1. The third-order valence-corrected chi connectivity index (χ3v) is 7.22. The van der Waals surface area contributed by atoms with Crippen molar-refractivity contribution in [2.75, 3.05) is 14.1 Å². The smallest absolute Gasteiger partial charge is 0.235 e. The van der Waals surface area contributed by atoms with Gasteiger partial charge in [0.25, 0.3) is 0 Å². The summed E-state index contributed by atoms with van der Waals surface area (Å²) in [5.74, 6) is -10.6. The fraction of sp³-hybridized carbons (Fsp3) is 0.500. The van der Waals surface area contributed by atoms with Crippen molar-refractivity contribution in [2.45, 2.75) is 25.0 Å². The Morgan fingerprint density at radius 3 is 2.32 bits per heavy atom. The molecule has 0 bridgehead atoms. The molecule has 3 aliphatic carbocycles. The van der Waals surface area contributed by atoms with Crippen LogP contribution in [0.2, 0.25) is 0 Å². The number of amides is 1. The van der Waals surface area contributed by atoms with Crippen LogP contribution in [-0.4, -0.2) is 64.3 Å². The number of hydrogen-bond donors (Lipinski definition) is 3. The molecule has 9 heteroatoms. The van der Waals surface area contributed by atoms with Gasteiger partial charge >= 0.3 is 0 Å². The molecule has 0 radical (unpaired) electrons. The van der Waals surface area contributed by atoms with E-state index in [1.807, 2.05) is 0 Å². The topological polar surface area (TPSA) is 155 Å². The average molecular weight is 428 g/mol. The van der Waals surface area contributed by atoms with Gasteiger partial charge in [-0.3, -0.25) is 28.9 Å². The number of fused-ring (bicyclic) bond motifs is 3. The summed E-state index contributed by atoms with van der Waals surface area (Å²) in [6.45, 7) is 1.46. The highest BCUT2D eigenvalue weighted by atomic mass is 16.3. The van der Waals surface area contributed by atoms with Gasteiger partial charge in [-0.05, 0) is 45.0 Å². The predicted octanol–water partition coefficient (Wildman–Crippen LogP) is -0.583. The normalized spacial score (nSPS) is 37.3. The minimum atomic E-state index is -1.76. The molecule has 7 atom stereocenters. The highest BCUT2D eigenvalue weighted by Gasteiger charge is 2.64. The zero-order valence-corrected chi connectivity index (χ0v) is 17.4. The van der Waals surface area contributed by atoms with E-state index in [1.54, 1.807) is 14.1 Å². The molecule has 1 aromatic rings. The van der Waals surface area contributed by atoms with Crippen molar-refractivity contribution in [2.24, 2.45) is 35.3 Å². The highest BCUT2D eigenvalue weighted by molar-refractivity contribution is 6.28. The third-order valence-electron chi connectivity index (χ3n) is 7.22. The zero-order valence-electron chi connectivity index (χ0n) is 17.4. The van der Waals surface area contributed by atoms with Crippen LogP contribution in [0.4, 0.5) is 0 Å². The van der Waals surface area contributed by atoms with Gasteiger partial charge in [0, 0.05) is 5.92 Å². The van der Waals surface area contributed by atoms with Crippen molar-refractivity contribution in [1.29, 1.82) is 0 Å². The lowest BCUT2D eigenvalue weighted by atomic mass is 9.51. The third kappa shape index (κ3) is 2.73. The molecule has 0 spiro atoms. The van der Waals surface area contributed by atoms with Crippen molar-refractivity contribution in [1.82, 2.24) is 4.90 Å². The lowest BCUT2D eigenvalue weighted by Gasteiger charge is -2.52. The number of carbonyl (C=O) groups excluding carboxylic acids is 5. The zero-order chi connectivity index (χ0) is 23.0. The first-order valence-electron chi connectivity index (χ1n) is 10.1. The number of hydrogen-bond acceptors (Lipinski definition) is 8. The predicted molar refractivity (Wildman–Crippen MR) is 106 cm³/mol. The van der Waals surface area contributed by atoms with Crippen LogP contribution < -0.4 is 5.73 Å². The number of aliphatic hydroxyl groups is 1. The summed E-state index contributed by atoms with van der Waals surface area (Å²) in [7, 11) is 3.20. The minimum Gasteiger partial charge on any atom is -0.507 e. The van der Waals surface area contributed by atoms with Crippen LogP contribution in [-0.2, 0) is 24.8 Å². The Balaban J connectivity index is 1.89. The fourth-order valence-corrected chi connectivity index (χ4v) is 5.89. The summed E-state index contributed by atoms with van der Waals surface area (Å²) >= 11 is 0. The lowest BCUT2D eigenvalue weighted by Crippen LogP contribution is -2.66. The quantitative estimate of drug-likeness (QED) is 0.528. The van der Waals surface area contributed by atoms with Gasteiger partial charge in [0.2, 0.25) is 5.91 Å². The molecule has 9 nitrogen and oxygen atoms in total. The Kier molecular flexibility index (Phi) is 4.68. The van der Waals surface area contributed by atoms with E-state index in [-0.39, 0.29) is 23.3 Å². The average Bonchev–Trinajstić information content (AvgIpc) is 2.65.